The summed E-state index contributed by atoms with van der Waals surface area (Å²) in [6.45, 7) is 8.14. The first-order valence-electron chi connectivity index (χ1n) is 7.98. The molecule has 2 aliphatic carbocycles. The highest BCUT2D eigenvalue weighted by Gasteiger charge is 2.47. The zero-order valence-corrected chi connectivity index (χ0v) is 12.2. The van der Waals surface area contributed by atoms with Crippen LogP contribution in [-0.4, -0.2) is 16.1 Å². The summed E-state index contributed by atoms with van der Waals surface area (Å²) in [4.78, 5) is 4.98. The molecule has 4 rings (SSSR count). The lowest BCUT2D eigenvalue weighted by Crippen LogP contribution is -2.27. The molecule has 1 aromatic heterocycles. The van der Waals surface area contributed by atoms with Crippen molar-refractivity contribution in [2.24, 2.45) is 11.3 Å². The van der Waals surface area contributed by atoms with Crippen molar-refractivity contribution in [1.82, 2.24) is 14.9 Å². The van der Waals surface area contributed by atoms with E-state index >= 15 is 0 Å². The van der Waals surface area contributed by atoms with Crippen LogP contribution in [0.4, 0.5) is 0 Å². The summed E-state index contributed by atoms with van der Waals surface area (Å²) in [5.74, 6) is 2.99. The molecular formula is C16H25N3. The molecule has 2 heterocycles. The van der Waals surface area contributed by atoms with E-state index in [1.807, 2.05) is 0 Å². The summed E-state index contributed by atoms with van der Waals surface area (Å²) < 4.78 is 2.64. The number of aromatic nitrogens is 2. The molecule has 2 saturated carbocycles. The monoisotopic (exact) mass is 259 g/mol. The van der Waals surface area contributed by atoms with E-state index < -0.39 is 0 Å². The number of nitrogens with zero attached hydrogens (tertiary/aromatic N) is 2. The van der Waals surface area contributed by atoms with Crippen molar-refractivity contribution in [3.05, 3.63) is 17.2 Å². The third-order valence-corrected chi connectivity index (χ3v) is 5.55. The maximum atomic E-state index is 4.98. The Balaban J connectivity index is 1.71. The van der Waals surface area contributed by atoms with Crippen LogP contribution in [0.15, 0.2) is 0 Å². The van der Waals surface area contributed by atoms with Gasteiger partial charge in [0.1, 0.15) is 5.82 Å². The van der Waals surface area contributed by atoms with Gasteiger partial charge in [0.2, 0.25) is 0 Å². The van der Waals surface area contributed by atoms with Crippen LogP contribution in [0.2, 0.25) is 0 Å². The molecule has 0 aromatic carbocycles. The van der Waals surface area contributed by atoms with Crippen LogP contribution in [0.3, 0.4) is 0 Å². The van der Waals surface area contributed by atoms with Crippen LogP contribution in [0.25, 0.3) is 0 Å². The van der Waals surface area contributed by atoms with E-state index in [0.717, 1.165) is 24.9 Å². The van der Waals surface area contributed by atoms with Gasteiger partial charge >= 0.3 is 0 Å². The van der Waals surface area contributed by atoms with Gasteiger partial charge in [0.05, 0.1) is 5.69 Å². The van der Waals surface area contributed by atoms with Gasteiger partial charge in [0.25, 0.3) is 0 Å². The Morgan fingerprint density at radius 2 is 2.16 bits per heavy atom. The van der Waals surface area contributed by atoms with Crippen molar-refractivity contribution < 1.29 is 0 Å². The van der Waals surface area contributed by atoms with E-state index in [1.54, 1.807) is 5.69 Å². The summed E-state index contributed by atoms with van der Waals surface area (Å²) >= 11 is 0. The van der Waals surface area contributed by atoms with Crippen LogP contribution in [0.5, 0.6) is 0 Å². The van der Waals surface area contributed by atoms with Gasteiger partial charge in [-0.25, -0.2) is 4.98 Å². The van der Waals surface area contributed by atoms with Gasteiger partial charge in [-0.05, 0) is 37.0 Å². The summed E-state index contributed by atoms with van der Waals surface area (Å²) in [6.07, 6.45) is 6.72. The summed E-state index contributed by atoms with van der Waals surface area (Å²) in [5, 5.41) is 3.47. The molecule has 2 fully saturated rings. The second-order valence-corrected chi connectivity index (χ2v) is 7.17. The minimum absolute atomic E-state index is 0.586. The third-order valence-electron chi connectivity index (χ3n) is 5.55. The zero-order chi connectivity index (χ0) is 13.0. The van der Waals surface area contributed by atoms with E-state index in [-0.39, 0.29) is 0 Å². The van der Waals surface area contributed by atoms with E-state index in [4.69, 9.17) is 4.98 Å². The van der Waals surface area contributed by atoms with Gasteiger partial charge in [-0.1, -0.05) is 13.8 Å². The lowest BCUT2D eigenvalue weighted by Gasteiger charge is -2.24. The van der Waals surface area contributed by atoms with Gasteiger partial charge < -0.3 is 9.88 Å². The Bertz CT molecular complexity index is 492. The van der Waals surface area contributed by atoms with E-state index in [0.29, 0.717) is 5.41 Å². The number of fused-ring (bicyclic) bond motifs is 1. The molecule has 19 heavy (non-hydrogen) atoms. The van der Waals surface area contributed by atoms with Crippen molar-refractivity contribution in [2.75, 3.05) is 6.54 Å². The molecule has 0 atom stereocenters. The molecule has 104 valence electrons. The van der Waals surface area contributed by atoms with Crippen LogP contribution in [0.1, 0.15) is 62.7 Å². The van der Waals surface area contributed by atoms with Crippen molar-refractivity contribution in [1.29, 1.82) is 0 Å². The standard InChI is InChI=1S/C16H25N3/c1-11(2)16(6-7-16)10-19-14-5-8-17-9-13(14)18-15(19)12-3-4-12/h11-12,17H,3-10H2,1-2H3. The van der Waals surface area contributed by atoms with Crippen molar-refractivity contribution >= 4 is 0 Å². The molecule has 0 spiro atoms. The molecule has 1 aromatic rings. The molecule has 3 heteroatoms. The van der Waals surface area contributed by atoms with Crippen LogP contribution in [-0.2, 0) is 19.5 Å². The van der Waals surface area contributed by atoms with Crippen LogP contribution >= 0.6 is 0 Å². The van der Waals surface area contributed by atoms with Crippen LogP contribution in [0, 0.1) is 11.3 Å². The highest BCUT2D eigenvalue weighted by atomic mass is 15.1. The smallest absolute Gasteiger partial charge is 0.112 e. The van der Waals surface area contributed by atoms with Crippen molar-refractivity contribution in [3.8, 4) is 0 Å². The number of nitrogens with one attached hydrogen (secondary N) is 1. The number of imidazole rings is 1. The maximum absolute atomic E-state index is 4.98. The molecular weight excluding hydrogens is 234 g/mol. The Morgan fingerprint density at radius 3 is 2.79 bits per heavy atom. The highest BCUT2D eigenvalue weighted by Crippen LogP contribution is 2.54. The second-order valence-electron chi connectivity index (χ2n) is 7.17. The summed E-state index contributed by atoms with van der Waals surface area (Å²) in [5.41, 5.74) is 3.48. The van der Waals surface area contributed by atoms with E-state index in [9.17, 15) is 0 Å². The fraction of sp³-hybridized carbons (Fsp3) is 0.812. The zero-order valence-electron chi connectivity index (χ0n) is 12.2. The lowest BCUT2D eigenvalue weighted by atomic mass is 9.92. The normalized spacial score (nSPS) is 24.6. The average molecular weight is 259 g/mol. The first-order valence-corrected chi connectivity index (χ1v) is 7.98. The fourth-order valence-electron chi connectivity index (χ4n) is 3.61. The van der Waals surface area contributed by atoms with Gasteiger partial charge in [0, 0.05) is 37.7 Å². The SMILES string of the molecule is CC(C)C1(Cn2c(C3CC3)nc3c2CCNC3)CC1. The molecule has 0 amide bonds. The average Bonchev–Trinajstić information content (AvgIpc) is 3.30. The molecule has 3 aliphatic rings. The molecule has 0 bridgehead atoms. The van der Waals surface area contributed by atoms with Crippen molar-refractivity contribution in [3.63, 3.8) is 0 Å². The van der Waals surface area contributed by atoms with Crippen LogP contribution < -0.4 is 5.32 Å². The Kier molecular flexibility index (Phi) is 2.57. The summed E-state index contributed by atoms with van der Waals surface area (Å²) in [7, 11) is 0. The summed E-state index contributed by atoms with van der Waals surface area (Å²) in [6, 6.07) is 0. The molecule has 3 nitrogen and oxygen atoms in total. The quantitative estimate of drug-likeness (QED) is 0.901. The topological polar surface area (TPSA) is 29.9 Å². The molecule has 0 radical (unpaired) electrons. The fourth-order valence-corrected chi connectivity index (χ4v) is 3.61. The minimum atomic E-state index is 0.586. The van der Waals surface area contributed by atoms with Gasteiger partial charge in [0.15, 0.2) is 0 Å². The largest absolute Gasteiger partial charge is 0.331 e. The number of hydrogen-bond donors (Lipinski definition) is 1. The Morgan fingerprint density at radius 1 is 1.37 bits per heavy atom. The highest BCUT2D eigenvalue weighted by molar-refractivity contribution is 5.25. The second kappa shape index (κ2) is 4.08. The molecule has 0 saturated heterocycles. The van der Waals surface area contributed by atoms with Crippen molar-refractivity contribution in [2.45, 2.75) is 65.0 Å². The Hall–Kier alpha value is -0.830. The third kappa shape index (κ3) is 1.94. The van der Waals surface area contributed by atoms with E-state index in [2.05, 4.69) is 23.7 Å². The Labute approximate surface area is 115 Å². The first kappa shape index (κ1) is 12.0. The minimum Gasteiger partial charge on any atom is -0.331 e. The van der Waals surface area contributed by atoms with Gasteiger partial charge in [-0.2, -0.15) is 0 Å². The van der Waals surface area contributed by atoms with Gasteiger partial charge in [-0.15, -0.1) is 0 Å². The maximum Gasteiger partial charge on any atom is 0.112 e. The first-order chi connectivity index (χ1) is 9.20. The predicted molar refractivity (Wildman–Crippen MR) is 76.1 cm³/mol. The number of hydrogen-bond acceptors (Lipinski definition) is 2. The molecule has 1 N–H and O–H groups in total. The molecule has 0 unspecified atom stereocenters. The predicted octanol–water partition coefficient (Wildman–Crippen LogP) is 2.84. The molecule has 1 aliphatic heterocycles. The van der Waals surface area contributed by atoms with E-state index in [1.165, 1.54) is 50.2 Å². The lowest BCUT2D eigenvalue weighted by molar-refractivity contribution is 0.300. The van der Waals surface area contributed by atoms with Gasteiger partial charge in [-0.3, -0.25) is 0 Å². The number of rotatable bonds is 4.